The van der Waals surface area contributed by atoms with Crippen LogP contribution in [0.4, 0.5) is 17.2 Å². The summed E-state index contributed by atoms with van der Waals surface area (Å²) in [6.45, 7) is 5.09. The molecule has 0 spiro atoms. The summed E-state index contributed by atoms with van der Waals surface area (Å²) < 4.78 is 4.18. The highest BCUT2D eigenvalue weighted by atomic mass is 16.2. The van der Waals surface area contributed by atoms with E-state index >= 15 is 0 Å². The van der Waals surface area contributed by atoms with Crippen LogP contribution in [0.3, 0.4) is 0 Å². The second-order valence-corrected chi connectivity index (χ2v) is 4.77. The quantitative estimate of drug-likeness (QED) is 0.836. The molecule has 0 fully saturated rings. The van der Waals surface area contributed by atoms with E-state index in [0.29, 0.717) is 12.2 Å². The number of anilines is 3. The van der Waals surface area contributed by atoms with Crippen LogP contribution in [-0.2, 0) is 20.1 Å². The van der Waals surface area contributed by atoms with Gasteiger partial charge in [-0.25, -0.2) is 4.79 Å². The summed E-state index contributed by atoms with van der Waals surface area (Å²) in [6.07, 6.45) is 4.13. The number of nitrogens with zero attached hydrogens (tertiary/aromatic N) is 4. The first-order valence-corrected chi connectivity index (χ1v) is 6.88. The van der Waals surface area contributed by atoms with Gasteiger partial charge in [0.25, 0.3) is 5.56 Å². The van der Waals surface area contributed by atoms with Crippen LogP contribution in [0.15, 0.2) is 22.0 Å². The van der Waals surface area contributed by atoms with Crippen LogP contribution in [0.2, 0.25) is 0 Å². The number of hydrogen-bond acceptors (Lipinski definition) is 5. The molecular weight excluding hydrogens is 272 g/mol. The van der Waals surface area contributed by atoms with Gasteiger partial charge in [0.05, 0.1) is 11.9 Å². The van der Waals surface area contributed by atoms with Gasteiger partial charge in [-0.05, 0) is 13.3 Å². The van der Waals surface area contributed by atoms with E-state index in [2.05, 4.69) is 10.4 Å². The molecule has 8 nitrogen and oxygen atoms in total. The standard InChI is InChI=1S/C13H20N6O2/c1-4-6-19-11(14)10(12(20)17(3)13(19)21)16-9-7-15-18(5-2)8-9/h7-8,16H,4-6,14H2,1-3H3. The molecule has 2 aromatic rings. The van der Waals surface area contributed by atoms with Crippen molar-refractivity contribution in [1.29, 1.82) is 0 Å². The van der Waals surface area contributed by atoms with E-state index in [9.17, 15) is 9.59 Å². The first kappa shape index (κ1) is 14.9. The molecule has 0 radical (unpaired) electrons. The second-order valence-electron chi connectivity index (χ2n) is 4.77. The molecule has 2 heterocycles. The molecule has 0 aromatic carbocycles. The molecule has 2 rings (SSSR count). The van der Waals surface area contributed by atoms with E-state index < -0.39 is 11.2 Å². The Balaban J connectivity index is 2.52. The van der Waals surface area contributed by atoms with Gasteiger partial charge in [-0.2, -0.15) is 5.10 Å². The van der Waals surface area contributed by atoms with Gasteiger partial charge >= 0.3 is 5.69 Å². The maximum absolute atomic E-state index is 12.2. The summed E-state index contributed by atoms with van der Waals surface area (Å²) in [4.78, 5) is 24.3. The Kier molecular flexibility index (Phi) is 4.15. The molecule has 8 heteroatoms. The van der Waals surface area contributed by atoms with Gasteiger partial charge < -0.3 is 11.1 Å². The Morgan fingerprint density at radius 3 is 2.62 bits per heavy atom. The Morgan fingerprint density at radius 1 is 1.33 bits per heavy atom. The van der Waals surface area contributed by atoms with Crippen LogP contribution < -0.4 is 22.3 Å². The zero-order valence-electron chi connectivity index (χ0n) is 12.5. The number of nitrogens with one attached hydrogen (secondary N) is 1. The lowest BCUT2D eigenvalue weighted by Crippen LogP contribution is -2.40. The lowest BCUT2D eigenvalue weighted by molar-refractivity contribution is 0.601. The van der Waals surface area contributed by atoms with E-state index in [0.717, 1.165) is 17.5 Å². The zero-order valence-corrected chi connectivity index (χ0v) is 12.5. The Labute approximate surface area is 121 Å². The largest absolute Gasteiger partial charge is 0.383 e. The predicted molar refractivity (Wildman–Crippen MR) is 81.8 cm³/mol. The number of aryl methyl sites for hydroxylation is 1. The van der Waals surface area contributed by atoms with Crippen molar-refractivity contribution in [2.45, 2.75) is 33.4 Å². The van der Waals surface area contributed by atoms with Crippen molar-refractivity contribution in [3.8, 4) is 0 Å². The fraction of sp³-hybridized carbons (Fsp3) is 0.462. The summed E-state index contributed by atoms with van der Waals surface area (Å²) in [5.74, 6) is 0.147. The number of hydrogen-bond donors (Lipinski definition) is 2. The molecule has 21 heavy (non-hydrogen) atoms. The molecule has 0 unspecified atom stereocenters. The molecule has 0 aliphatic carbocycles. The molecule has 0 saturated carbocycles. The average Bonchev–Trinajstić information content (AvgIpc) is 2.94. The van der Waals surface area contributed by atoms with Gasteiger partial charge in [-0.1, -0.05) is 6.92 Å². The van der Waals surface area contributed by atoms with Crippen LogP contribution in [0.25, 0.3) is 0 Å². The zero-order chi connectivity index (χ0) is 15.6. The van der Waals surface area contributed by atoms with Crippen LogP contribution in [0.1, 0.15) is 20.3 Å². The number of rotatable bonds is 5. The van der Waals surface area contributed by atoms with E-state index in [1.807, 2.05) is 13.8 Å². The third-order valence-corrected chi connectivity index (χ3v) is 3.26. The maximum Gasteiger partial charge on any atom is 0.332 e. The van der Waals surface area contributed by atoms with Gasteiger partial charge in [-0.15, -0.1) is 0 Å². The summed E-state index contributed by atoms with van der Waals surface area (Å²) in [7, 11) is 1.44. The molecule has 2 aromatic heterocycles. The molecule has 3 N–H and O–H groups in total. The highest BCUT2D eigenvalue weighted by molar-refractivity contribution is 5.68. The highest BCUT2D eigenvalue weighted by Crippen LogP contribution is 2.17. The molecule has 0 atom stereocenters. The molecule has 0 saturated heterocycles. The van der Waals surface area contributed by atoms with Crippen LogP contribution in [-0.4, -0.2) is 18.9 Å². The Hall–Kier alpha value is -2.51. The lowest BCUT2D eigenvalue weighted by atomic mass is 10.4. The minimum atomic E-state index is -0.450. The lowest BCUT2D eigenvalue weighted by Gasteiger charge is -2.14. The summed E-state index contributed by atoms with van der Waals surface area (Å²) in [5.41, 5.74) is 5.98. The number of aromatic nitrogens is 4. The second kappa shape index (κ2) is 5.86. The molecule has 114 valence electrons. The third-order valence-electron chi connectivity index (χ3n) is 3.26. The summed E-state index contributed by atoms with van der Waals surface area (Å²) in [6, 6.07) is 0. The Morgan fingerprint density at radius 2 is 2.05 bits per heavy atom. The van der Waals surface area contributed by atoms with Crippen molar-refractivity contribution in [2.24, 2.45) is 7.05 Å². The van der Waals surface area contributed by atoms with Crippen molar-refractivity contribution in [3.05, 3.63) is 33.2 Å². The third kappa shape index (κ3) is 2.69. The fourth-order valence-electron chi connectivity index (χ4n) is 2.09. The van der Waals surface area contributed by atoms with Gasteiger partial charge in [0.15, 0.2) is 0 Å². The minimum Gasteiger partial charge on any atom is -0.383 e. The molecule has 0 aliphatic rings. The van der Waals surface area contributed by atoms with Crippen molar-refractivity contribution >= 4 is 17.2 Å². The topological polar surface area (TPSA) is 99.9 Å². The SMILES string of the molecule is CCCn1c(N)c(Nc2cnn(CC)c2)c(=O)n(C)c1=O. The van der Waals surface area contributed by atoms with E-state index in [-0.39, 0.29) is 11.5 Å². The Bertz CT molecular complexity index is 755. The van der Waals surface area contributed by atoms with Crippen LogP contribution in [0.5, 0.6) is 0 Å². The van der Waals surface area contributed by atoms with Crippen molar-refractivity contribution in [1.82, 2.24) is 18.9 Å². The van der Waals surface area contributed by atoms with Crippen molar-refractivity contribution in [3.63, 3.8) is 0 Å². The first-order chi connectivity index (χ1) is 9.99. The number of nitrogens with two attached hydrogens (primary N) is 1. The summed E-state index contributed by atoms with van der Waals surface area (Å²) in [5, 5.41) is 7.09. The summed E-state index contributed by atoms with van der Waals surface area (Å²) >= 11 is 0. The van der Waals surface area contributed by atoms with E-state index in [1.165, 1.54) is 11.6 Å². The predicted octanol–water partition coefficient (Wildman–Crippen LogP) is 0.499. The fourth-order valence-corrected chi connectivity index (χ4v) is 2.09. The van der Waals surface area contributed by atoms with Crippen LogP contribution >= 0.6 is 0 Å². The van der Waals surface area contributed by atoms with E-state index in [4.69, 9.17) is 5.73 Å². The smallest absolute Gasteiger partial charge is 0.332 e. The molecular formula is C13H20N6O2. The first-order valence-electron chi connectivity index (χ1n) is 6.88. The monoisotopic (exact) mass is 292 g/mol. The van der Waals surface area contributed by atoms with Gasteiger partial charge in [0.1, 0.15) is 11.5 Å². The molecule has 0 amide bonds. The average molecular weight is 292 g/mol. The van der Waals surface area contributed by atoms with Gasteiger partial charge in [-0.3, -0.25) is 18.6 Å². The highest BCUT2D eigenvalue weighted by Gasteiger charge is 2.15. The molecule has 0 bridgehead atoms. The minimum absolute atomic E-state index is 0.147. The van der Waals surface area contributed by atoms with Gasteiger partial charge in [0, 0.05) is 26.3 Å². The number of nitrogen functional groups attached to an aromatic ring is 1. The normalized spacial score (nSPS) is 10.8. The van der Waals surface area contributed by atoms with Gasteiger partial charge in [0.2, 0.25) is 0 Å². The molecule has 0 aliphatic heterocycles. The van der Waals surface area contributed by atoms with Crippen molar-refractivity contribution < 1.29 is 0 Å². The van der Waals surface area contributed by atoms with Crippen molar-refractivity contribution in [2.75, 3.05) is 11.1 Å². The van der Waals surface area contributed by atoms with Crippen LogP contribution in [0, 0.1) is 0 Å². The van der Waals surface area contributed by atoms with E-state index in [1.54, 1.807) is 17.1 Å². The maximum atomic E-state index is 12.2.